The van der Waals surface area contributed by atoms with Crippen molar-refractivity contribution < 1.29 is 21.5 Å². The molecule has 0 radical (unpaired) electrons. The number of benzene rings is 3. The number of likely N-dealkylation sites (N-methyl/N-ethyl adjacent to an activating group) is 1. The zero-order valence-electron chi connectivity index (χ0n) is 19.9. The number of nitrogens with zero attached hydrogens (tertiary/aromatic N) is 1. The highest BCUT2D eigenvalue weighted by Crippen LogP contribution is 2.45. The number of carbonyl (C=O) groups excluding carboxylic acids is 2. The SMILES string of the molecule is Cc1ccccc1S(O)(O)NC(=O)N[C@@H](Cc1ccccc1)C(=O)N(C)c1ccc2c(c1)CCC2.[HH].[HH]. The summed E-state index contributed by atoms with van der Waals surface area (Å²) in [6, 6.07) is 20.4. The van der Waals surface area contributed by atoms with E-state index in [4.69, 9.17) is 0 Å². The van der Waals surface area contributed by atoms with Gasteiger partial charge in [0.15, 0.2) is 0 Å². The van der Waals surface area contributed by atoms with Gasteiger partial charge in [0.25, 0.3) is 0 Å². The van der Waals surface area contributed by atoms with Gasteiger partial charge in [-0.3, -0.25) is 13.9 Å². The van der Waals surface area contributed by atoms with Gasteiger partial charge in [0.1, 0.15) is 6.04 Å². The quantitative estimate of drug-likeness (QED) is 0.342. The molecule has 0 saturated heterocycles. The fourth-order valence-electron chi connectivity index (χ4n) is 4.43. The van der Waals surface area contributed by atoms with Crippen LogP contribution < -0.4 is 14.9 Å². The Morgan fingerprint density at radius 2 is 1.69 bits per heavy atom. The molecule has 7 nitrogen and oxygen atoms in total. The number of urea groups is 1. The van der Waals surface area contributed by atoms with Crippen LogP contribution in [0.1, 0.15) is 31.5 Å². The average Bonchev–Trinajstić information content (AvgIpc) is 3.31. The molecule has 3 aromatic carbocycles. The van der Waals surface area contributed by atoms with Crippen LogP contribution in [0.25, 0.3) is 0 Å². The lowest BCUT2D eigenvalue weighted by atomic mass is 10.0. The van der Waals surface area contributed by atoms with E-state index in [0.717, 1.165) is 30.5 Å². The van der Waals surface area contributed by atoms with Crippen LogP contribution in [0, 0.1) is 6.92 Å². The summed E-state index contributed by atoms with van der Waals surface area (Å²) < 4.78 is 23.5. The first-order chi connectivity index (χ1) is 16.7. The summed E-state index contributed by atoms with van der Waals surface area (Å²) in [5.41, 5.74) is 4.84. The third-order valence-corrected chi connectivity index (χ3v) is 7.86. The molecule has 1 atom stereocenters. The number of rotatable bonds is 7. The number of anilines is 1. The summed E-state index contributed by atoms with van der Waals surface area (Å²) in [5, 5.41) is 2.67. The molecular weight excluding hydrogens is 462 g/mol. The van der Waals surface area contributed by atoms with E-state index in [-0.39, 0.29) is 20.1 Å². The number of carbonyl (C=O) groups is 2. The van der Waals surface area contributed by atoms with Crippen molar-refractivity contribution in [1.29, 1.82) is 0 Å². The Labute approximate surface area is 210 Å². The lowest BCUT2D eigenvalue weighted by Gasteiger charge is -2.34. The molecule has 3 aromatic rings. The first-order valence-electron chi connectivity index (χ1n) is 11.6. The fourth-order valence-corrected chi connectivity index (χ4v) is 5.64. The Morgan fingerprint density at radius 3 is 2.43 bits per heavy atom. The van der Waals surface area contributed by atoms with Crippen molar-refractivity contribution in [2.45, 2.75) is 43.5 Å². The first kappa shape index (κ1) is 24.8. The summed E-state index contributed by atoms with van der Waals surface area (Å²) in [6.07, 6.45) is 3.42. The molecule has 0 bridgehead atoms. The van der Waals surface area contributed by atoms with Crippen molar-refractivity contribution in [1.82, 2.24) is 10.0 Å². The zero-order chi connectivity index (χ0) is 25.0. The molecular formula is C27H35N3O4S. The van der Waals surface area contributed by atoms with Crippen molar-refractivity contribution in [3.63, 3.8) is 0 Å². The molecule has 0 spiro atoms. The Morgan fingerprint density at radius 1 is 1.00 bits per heavy atom. The van der Waals surface area contributed by atoms with Crippen LogP contribution in [0.15, 0.2) is 77.7 Å². The maximum Gasteiger partial charge on any atom is 0.334 e. The lowest BCUT2D eigenvalue weighted by Crippen LogP contribution is -2.52. The van der Waals surface area contributed by atoms with Crippen LogP contribution in [0.4, 0.5) is 10.5 Å². The van der Waals surface area contributed by atoms with E-state index < -0.39 is 22.8 Å². The van der Waals surface area contributed by atoms with Crippen LogP contribution in [0.2, 0.25) is 0 Å². The summed E-state index contributed by atoms with van der Waals surface area (Å²) >= 11 is 0. The van der Waals surface area contributed by atoms with E-state index in [1.807, 2.05) is 42.5 Å². The van der Waals surface area contributed by atoms with Crippen LogP contribution >= 0.6 is 10.8 Å². The Balaban J connectivity index is 0.00000241. The van der Waals surface area contributed by atoms with Crippen molar-refractivity contribution >= 4 is 28.4 Å². The van der Waals surface area contributed by atoms with Gasteiger partial charge in [0.05, 0.1) is 4.90 Å². The van der Waals surface area contributed by atoms with E-state index in [9.17, 15) is 18.7 Å². The van der Waals surface area contributed by atoms with Gasteiger partial charge in [-0.05, 0) is 66.6 Å². The maximum absolute atomic E-state index is 13.5. The molecule has 0 saturated carbocycles. The minimum atomic E-state index is -3.60. The molecule has 0 fully saturated rings. The van der Waals surface area contributed by atoms with E-state index in [1.165, 1.54) is 11.1 Å². The largest absolute Gasteiger partial charge is 0.334 e. The van der Waals surface area contributed by atoms with Gasteiger partial charge in [-0.25, -0.2) is 9.52 Å². The summed E-state index contributed by atoms with van der Waals surface area (Å²) in [6.45, 7) is 1.73. The van der Waals surface area contributed by atoms with E-state index in [2.05, 4.69) is 16.1 Å². The lowest BCUT2D eigenvalue weighted by molar-refractivity contribution is -0.120. The van der Waals surface area contributed by atoms with Gasteiger partial charge in [-0.15, -0.1) is 0 Å². The predicted octanol–water partition coefficient (Wildman–Crippen LogP) is 5.57. The molecule has 0 aliphatic heterocycles. The summed E-state index contributed by atoms with van der Waals surface area (Å²) in [5.74, 6) is -0.297. The molecule has 3 amide bonds. The summed E-state index contributed by atoms with van der Waals surface area (Å²) in [4.78, 5) is 28.2. The second-order valence-electron chi connectivity index (χ2n) is 8.84. The third kappa shape index (κ3) is 5.85. The molecule has 4 N–H and O–H groups in total. The number of fused-ring (bicyclic) bond motifs is 1. The van der Waals surface area contributed by atoms with Gasteiger partial charge in [0.2, 0.25) is 5.91 Å². The molecule has 35 heavy (non-hydrogen) atoms. The van der Waals surface area contributed by atoms with Gasteiger partial charge < -0.3 is 10.2 Å². The molecule has 1 aliphatic carbocycles. The predicted molar refractivity (Wildman–Crippen MR) is 144 cm³/mol. The molecule has 1 aliphatic rings. The minimum Gasteiger partial charge on any atom is -0.325 e. The van der Waals surface area contributed by atoms with Gasteiger partial charge >= 0.3 is 6.03 Å². The van der Waals surface area contributed by atoms with Crippen LogP contribution in [-0.2, 0) is 24.1 Å². The standard InChI is InChI=1S/C27H31N3O4S.2H2/c1-19-9-6-7-14-25(19)35(33,34)29-27(32)28-24(17-20-10-4-3-5-11-20)26(31)30(2)23-16-15-21-12-8-13-22(21)18-23;;/h3-7,9-11,14-16,18,24,33-34H,8,12-13,17H2,1-2H3,(H2,28,29,32);2*1H/t24-;;/m0../s1. The fraction of sp³-hybridized carbons (Fsp3) is 0.259. The highest BCUT2D eigenvalue weighted by atomic mass is 32.3. The van der Waals surface area contributed by atoms with E-state index in [0.29, 0.717) is 5.56 Å². The molecule has 188 valence electrons. The molecule has 4 rings (SSSR count). The van der Waals surface area contributed by atoms with Crippen LogP contribution in [0.5, 0.6) is 0 Å². The second-order valence-corrected chi connectivity index (χ2v) is 10.6. The highest BCUT2D eigenvalue weighted by molar-refractivity contribution is 8.23. The van der Waals surface area contributed by atoms with Crippen LogP contribution in [-0.4, -0.2) is 34.1 Å². The van der Waals surface area contributed by atoms with E-state index >= 15 is 0 Å². The van der Waals surface area contributed by atoms with Gasteiger partial charge in [0, 0.05) is 22.0 Å². The molecule has 0 unspecified atom stereocenters. The van der Waals surface area contributed by atoms with Crippen LogP contribution in [0.3, 0.4) is 0 Å². The smallest absolute Gasteiger partial charge is 0.325 e. The summed E-state index contributed by atoms with van der Waals surface area (Å²) in [7, 11) is -1.91. The number of hydrogen-bond acceptors (Lipinski definition) is 4. The normalized spacial score (nSPS) is 14.1. The Hall–Kier alpha value is -3.33. The second kappa shape index (κ2) is 10.5. The number of amides is 3. The minimum absolute atomic E-state index is 0. The monoisotopic (exact) mass is 497 g/mol. The highest BCUT2D eigenvalue weighted by Gasteiger charge is 2.28. The first-order valence-corrected chi connectivity index (χ1v) is 13.1. The Bertz CT molecular complexity index is 1230. The van der Waals surface area contributed by atoms with Crippen molar-refractivity contribution in [3.8, 4) is 0 Å². The average molecular weight is 498 g/mol. The van der Waals surface area contributed by atoms with Gasteiger partial charge in [-0.1, -0.05) is 65.4 Å². The van der Waals surface area contributed by atoms with Crippen molar-refractivity contribution in [3.05, 3.63) is 95.1 Å². The van der Waals surface area contributed by atoms with E-state index in [1.54, 1.807) is 43.1 Å². The third-order valence-electron chi connectivity index (χ3n) is 6.32. The number of aryl methyl sites for hydroxylation is 3. The van der Waals surface area contributed by atoms with Crippen molar-refractivity contribution in [2.24, 2.45) is 0 Å². The van der Waals surface area contributed by atoms with Gasteiger partial charge in [-0.2, -0.15) is 0 Å². The van der Waals surface area contributed by atoms with Crippen molar-refractivity contribution in [2.75, 3.05) is 11.9 Å². The number of hydrogen-bond donors (Lipinski definition) is 4. The topological polar surface area (TPSA) is 102 Å². The maximum atomic E-state index is 13.5. The zero-order valence-corrected chi connectivity index (χ0v) is 20.7. The molecule has 0 aromatic heterocycles. The number of nitrogens with one attached hydrogen (secondary N) is 2. The molecule has 0 heterocycles. The molecule has 8 heteroatoms. The Kier molecular flexibility index (Phi) is 7.45.